The molecule has 6 heteroatoms. The molecule has 1 unspecified atom stereocenters. The maximum atomic E-state index is 12.9. The molecule has 78 heavy (non-hydrogen) atoms. The summed E-state index contributed by atoms with van der Waals surface area (Å²) in [5.41, 5.74) is 0. The highest BCUT2D eigenvalue weighted by Gasteiger charge is 2.19. The Kier molecular flexibility index (Phi) is 61.8. The average Bonchev–Trinajstić information content (AvgIpc) is 3.44. The van der Waals surface area contributed by atoms with E-state index in [0.29, 0.717) is 19.3 Å². The van der Waals surface area contributed by atoms with Gasteiger partial charge in [0, 0.05) is 19.3 Å². The number of hydrogen-bond donors (Lipinski definition) is 0. The molecule has 0 aliphatic rings. The molecule has 6 nitrogen and oxygen atoms in total. The predicted molar refractivity (Wildman–Crippen MR) is 339 cm³/mol. The van der Waals surface area contributed by atoms with Crippen molar-refractivity contribution in [3.8, 4) is 0 Å². The Labute approximate surface area is 482 Å². The first-order valence-corrected chi connectivity index (χ1v) is 32.5. The summed E-state index contributed by atoms with van der Waals surface area (Å²) in [5, 5.41) is 0. The van der Waals surface area contributed by atoms with Crippen LogP contribution in [0.25, 0.3) is 0 Å². The van der Waals surface area contributed by atoms with Crippen LogP contribution in [-0.4, -0.2) is 37.2 Å². The van der Waals surface area contributed by atoms with Crippen LogP contribution in [0.15, 0.2) is 122 Å². The van der Waals surface area contributed by atoms with Gasteiger partial charge < -0.3 is 14.2 Å². The lowest BCUT2D eigenvalue weighted by Crippen LogP contribution is -2.30. The third-order valence-electron chi connectivity index (χ3n) is 13.7. The topological polar surface area (TPSA) is 78.9 Å². The highest BCUT2D eigenvalue weighted by atomic mass is 16.6. The summed E-state index contributed by atoms with van der Waals surface area (Å²) in [6.07, 6.45) is 90.7. The van der Waals surface area contributed by atoms with Crippen LogP contribution in [0.5, 0.6) is 0 Å². The second-order valence-electron chi connectivity index (χ2n) is 21.3. The van der Waals surface area contributed by atoms with Crippen LogP contribution in [0.4, 0.5) is 0 Å². The molecule has 0 heterocycles. The van der Waals surface area contributed by atoms with Gasteiger partial charge in [0.05, 0.1) is 0 Å². The van der Waals surface area contributed by atoms with E-state index in [0.717, 1.165) is 116 Å². The summed E-state index contributed by atoms with van der Waals surface area (Å²) in [5.74, 6) is -0.962. The molecule has 0 saturated heterocycles. The van der Waals surface area contributed by atoms with Gasteiger partial charge in [0.1, 0.15) is 13.2 Å². The van der Waals surface area contributed by atoms with Gasteiger partial charge in [-0.3, -0.25) is 14.4 Å². The molecule has 0 bridgehead atoms. The molecule has 0 rings (SSSR count). The van der Waals surface area contributed by atoms with Crippen molar-refractivity contribution >= 4 is 17.9 Å². The number of carbonyl (C=O) groups excluding carboxylic acids is 3. The molecule has 0 aromatic carbocycles. The Morgan fingerprint density at radius 3 is 0.846 bits per heavy atom. The van der Waals surface area contributed by atoms with E-state index < -0.39 is 6.10 Å². The molecular weight excluding hydrogens is 961 g/mol. The van der Waals surface area contributed by atoms with Gasteiger partial charge in [0.25, 0.3) is 0 Å². The first-order chi connectivity index (χ1) is 38.5. The maximum Gasteiger partial charge on any atom is 0.306 e. The third-order valence-corrected chi connectivity index (χ3v) is 13.7. The molecule has 0 aliphatic carbocycles. The Morgan fingerprint density at radius 1 is 0.269 bits per heavy atom. The van der Waals surface area contributed by atoms with Crippen LogP contribution in [0, 0.1) is 0 Å². The normalized spacial score (nSPS) is 12.9. The molecular formula is C72H120O6. The van der Waals surface area contributed by atoms with Crippen molar-refractivity contribution in [1.29, 1.82) is 0 Å². The highest BCUT2D eigenvalue weighted by Crippen LogP contribution is 2.16. The molecule has 0 saturated carbocycles. The summed E-state index contributed by atoms with van der Waals surface area (Å²) in [7, 11) is 0. The fourth-order valence-corrected chi connectivity index (χ4v) is 8.85. The average molecular weight is 1080 g/mol. The van der Waals surface area contributed by atoms with Crippen LogP contribution >= 0.6 is 0 Å². The van der Waals surface area contributed by atoms with Gasteiger partial charge >= 0.3 is 17.9 Å². The van der Waals surface area contributed by atoms with Crippen molar-refractivity contribution in [3.05, 3.63) is 122 Å². The number of ether oxygens (including phenoxy) is 3. The van der Waals surface area contributed by atoms with E-state index in [1.54, 1.807) is 0 Å². The Balaban J connectivity index is 4.44. The largest absolute Gasteiger partial charge is 0.462 e. The second-order valence-corrected chi connectivity index (χ2v) is 21.3. The minimum atomic E-state index is -0.808. The van der Waals surface area contributed by atoms with Crippen molar-refractivity contribution in [2.75, 3.05) is 13.2 Å². The number of unbranched alkanes of at least 4 members (excludes halogenated alkanes) is 27. The van der Waals surface area contributed by atoms with Gasteiger partial charge in [-0.1, -0.05) is 290 Å². The fraction of sp³-hybridized carbons (Fsp3) is 0.681. The van der Waals surface area contributed by atoms with Gasteiger partial charge in [-0.2, -0.15) is 0 Å². The van der Waals surface area contributed by atoms with E-state index in [-0.39, 0.29) is 37.5 Å². The fourth-order valence-electron chi connectivity index (χ4n) is 8.85. The minimum Gasteiger partial charge on any atom is -0.462 e. The molecule has 0 radical (unpaired) electrons. The van der Waals surface area contributed by atoms with Gasteiger partial charge in [-0.25, -0.2) is 0 Å². The Bertz CT molecular complexity index is 1620. The van der Waals surface area contributed by atoms with E-state index >= 15 is 0 Å². The van der Waals surface area contributed by atoms with Crippen LogP contribution in [-0.2, 0) is 28.6 Å². The molecule has 444 valence electrons. The first-order valence-electron chi connectivity index (χ1n) is 32.5. The van der Waals surface area contributed by atoms with E-state index in [9.17, 15) is 14.4 Å². The number of hydrogen-bond acceptors (Lipinski definition) is 6. The van der Waals surface area contributed by atoms with Gasteiger partial charge in [0.2, 0.25) is 0 Å². The number of esters is 3. The van der Waals surface area contributed by atoms with Gasteiger partial charge in [-0.15, -0.1) is 0 Å². The third kappa shape index (κ3) is 62.7. The van der Waals surface area contributed by atoms with E-state index in [1.165, 1.54) is 135 Å². The molecule has 0 spiro atoms. The SMILES string of the molecule is CC/C=C\C/C=C\C/C=C\C/C=C\C/C=C\C/C=C\C/C=C\C/C=C\C/C=C\CCCC(=O)OCC(COC(=O)CCCCCCCCCCCCCCCCC)OC(=O)CCCCCCC/C=C\CCCCCCCCC. The summed E-state index contributed by atoms with van der Waals surface area (Å²) in [4.78, 5) is 38.3. The molecule has 0 amide bonds. The lowest BCUT2D eigenvalue weighted by atomic mass is 10.0. The zero-order chi connectivity index (χ0) is 56.4. The lowest BCUT2D eigenvalue weighted by Gasteiger charge is -2.18. The quantitative estimate of drug-likeness (QED) is 0.0261. The number of carbonyl (C=O) groups is 3. The minimum absolute atomic E-state index is 0.0986. The summed E-state index contributed by atoms with van der Waals surface area (Å²) in [6.45, 7) is 6.49. The predicted octanol–water partition coefficient (Wildman–Crippen LogP) is 22.4. The zero-order valence-electron chi connectivity index (χ0n) is 50.9. The van der Waals surface area contributed by atoms with E-state index in [2.05, 4.69) is 142 Å². The van der Waals surface area contributed by atoms with Crippen LogP contribution < -0.4 is 0 Å². The van der Waals surface area contributed by atoms with Crippen LogP contribution in [0.3, 0.4) is 0 Å². The lowest BCUT2D eigenvalue weighted by molar-refractivity contribution is -0.167. The molecule has 1 atom stereocenters. The molecule has 0 aromatic rings. The van der Waals surface area contributed by atoms with Crippen LogP contribution in [0.2, 0.25) is 0 Å². The smallest absolute Gasteiger partial charge is 0.306 e. The van der Waals surface area contributed by atoms with E-state index in [4.69, 9.17) is 14.2 Å². The molecule has 0 aliphatic heterocycles. The van der Waals surface area contributed by atoms with Crippen molar-refractivity contribution in [2.45, 2.75) is 303 Å². The Hall–Kier alpha value is -4.19. The number of rotatable bonds is 58. The van der Waals surface area contributed by atoms with Gasteiger partial charge in [0.15, 0.2) is 6.10 Å². The van der Waals surface area contributed by atoms with E-state index in [1.807, 2.05) is 0 Å². The molecule has 0 fully saturated rings. The number of allylic oxidation sites excluding steroid dienone is 20. The first kappa shape index (κ1) is 73.8. The van der Waals surface area contributed by atoms with Crippen molar-refractivity contribution in [2.24, 2.45) is 0 Å². The van der Waals surface area contributed by atoms with Gasteiger partial charge in [-0.05, 0) is 109 Å². The summed E-state index contributed by atoms with van der Waals surface area (Å²) < 4.78 is 16.9. The van der Waals surface area contributed by atoms with Crippen molar-refractivity contribution < 1.29 is 28.6 Å². The monoisotopic (exact) mass is 1080 g/mol. The summed E-state index contributed by atoms with van der Waals surface area (Å²) >= 11 is 0. The second kappa shape index (κ2) is 65.3. The van der Waals surface area contributed by atoms with Crippen LogP contribution in [0.1, 0.15) is 297 Å². The standard InChI is InChI=1S/C72H120O6/c1-4-7-10-13-16-19-22-25-28-30-31-32-33-34-35-36-37-38-39-40-41-42-45-47-50-53-56-59-62-65-71(74)77-68-69(67-76-70(73)64-61-58-55-52-49-46-43-27-24-21-18-15-12-9-6-3)78-72(75)66-63-60-57-54-51-48-44-29-26-23-20-17-14-11-8-5-2/h7,10,16,19,25,28-29,31-32,34-35,37-38,40-41,44-45,47,53,56,69H,4-6,8-9,11-15,17-18,20-24,26-27,30,33,36,39,42-43,46,48-52,54-55,57-68H2,1-3H3/b10-7-,19-16-,28-25-,32-31-,35-34-,38-37-,41-40-,44-29-,47-45-,56-53-. The highest BCUT2D eigenvalue weighted by molar-refractivity contribution is 5.71. The molecule has 0 aromatic heterocycles. The maximum absolute atomic E-state index is 12.9. The van der Waals surface area contributed by atoms with Crippen molar-refractivity contribution in [3.63, 3.8) is 0 Å². The molecule has 0 N–H and O–H groups in total. The summed E-state index contributed by atoms with van der Waals surface area (Å²) in [6, 6.07) is 0. The zero-order valence-corrected chi connectivity index (χ0v) is 50.9. The van der Waals surface area contributed by atoms with Crippen molar-refractivity contribution in [1.82, 2.24) is 0 Å². The Morgan fingerprint density at radius 2 is 0.513 bits per heavy atom.